The van der Waals surface area contributed by atoms with Crippen molar-refractivity contribution in [3.8, 4) is 0 Å². The second-order valence-electron chi connectivity index (χ2n) is 13.2. The number of hydrogen-bond donors (Lipinski definition) is 0. The third-order valence-corrected chi connectivity index (χ3v) is 10.0. The van der Waals surface area contributed by atoms with E-state index in [0.29, 0.717) is 37.7 Å². The smallest absolute Gasteiger partial charge is 0.341 e. The number of nitrogens with zero attached hydrogens (tertiary/aromatic N) is 3. The number of carbonyl (C=O) groups excluding carboxylic acids is 1. The number of carbonyl (C=O) groups is 1. The molecule has 0 saturated carbocycles. The minimum Gasteiger partial charge on any atom is -0.341 e. The Balaban J connectivity index is 1.30. The van der Waals surface area contributed by atoms with Crippen molar-refractivity contribution in [3.05, 3.63) is 69.8 Å². The molecule has 0 bridgehead atoms. The molecular weight excluding hydrogens is 580 g/mol. The molecule has 0 radical (unpaired) electrons. The zero-order valence-electron chi connectivity index (χ0n) is 25.7. The molecule has 1 unspecified atom stereocenters. The summed E-state index contributed by atoms with van der Waals surface area (Å²) in [6.45, 7) is 10.2. The second-order valence-corrected chi connectivity index (χ2v) is 13.2. The van der Waals surface area contributed by atoms with Crippen LogP contribution in [0, 0.1) is 13.8 Å². The molecule has 2 aromatic carbocycles. The first-order chi connectivity index (χ1) is 20.7. The molecule has 44 heavy (non-hydrogen) atoms. The van der Waals surface area contributed by atoms with Gasteiger partial charge in [0.2, 0.25) is 5.91 Å². The number of alkyl halides is 6. The minimum atomic E-state index is -4.95. The molecule has 3 saturated heterocycles. The molecule has 3 fully saturated rings. The molecule has 242 valence electrons. The summed E-state index contributed by atoms with van der Waals surface area (Å²) in [6.07, 6.45) is -2.70. The lowest BCUT2D eigenvalue weighted by atomic mass is 9.74. The van der Waals surface area contributed by atoms with E-state index >= 15 is 0 Å². The Morgan fingerprint density at radius 2 is 1.48 bits per heavy atom. The van der Waals surface area contributed by atoms with Crippen LogP contribution in [0.5, 0.6) is 0 Å². The van der Waals surface area contributed by atoms with Crippen LogP contribution in [-0.4, -0.2) is 72.5 Å². The first-order valence-corrected chi connectivity index (χ1v) is 15.8. The summed E-state index contributed by atoms with van der Waals surface area (Å²) in [7, 11) is 0. The van der Waals surface area contributed by atoms with Crippen molar-refractivity contribution in [3.63, 3.8) is 0 Å². The van der Waals surface area contributed by atoms with Crippen LogP contribution in [0.25, 0.3) is 0 Å². The molecule has 0 spiro atoms. The van der Waals surface area contributed by atoms with E-state index in [1.165, 1.54) is 37.9 Å². The Morgan fingerprint density at radius 1 is 0.841 bits per heavy atom. The predicted molar refractivity (Wildman–Crippen MR) is 158 cm³/mol. The normalized spacial score (nSPS) is 23.0. The lowest BCUT2D eigenvalue weighted by Gasteiger charge is -2.41. The lowest BCUT2D eigenvalue weighted by Crippen LogP contribution is -2.47. The zero-order valence-corrected chi connectivity index (χ0v) is 25.7. The minimum absolute atomic E-state index is 0.102. The summed E-state index contributed by atoms with van der Waals surface area (Å²) >= 11 is 0. The molecule has 1 atom stereocenters. The summed E-state index contributed by atoms with van der Waals surface area (Å²) in [6, 6.07) is 8.39. The van der Waals surface area contributed by atoms with Crippen LogP contribution in [0.4, 0.5) is 26.3 Å². The highest BCUT2D eigenvalue weighted by Crippen LogP contribution is 2.41. The summed E-state index contributed by atoms with van der Waals surface area (Å²) in [4.78, 5) is 20.3. The molecule has 3 heterocycles. The van der Waals surface area contributed by atoms with Gasteiger partial charge in [-0.3, -0.25) is 4.79 Å². The highest BCUT2D eigenvalue weighted by atomic mass is 19.4. The Bertz CT molecular complexity index is 1280. The van der Waals surface area contributed by atoms with Gasteiger partial charge in [0.05, 0.1) is 17.5 Å². The van der Waals surface area contributed by atoms with Crippen molar-refractivity contribution >= 4 is 5.91 Å². The number of aryl methyl sites for hydroxylation is 2. The predicted octanol–water partition coefficient (Wildman–Crippen LogP) is 7.39. The van der Waals surface area contributed by atoms with Gasteiger partial charge in [0.1, 0.15) is 0 Å². The van der Waals surface area contributed by atoms with E-state index in [9.17, 15) is 31.1 Å². The summed E-state index contributed by atoms with van der Waals surface area (Å²) in [5, 5.41) is 0. The van der Waals surface area contributed by atoms with E-state index in [-0.39, 0.29) is 17.0 Å². The van der Waals surface area contributed by atoms with Gasteiger partial charge < -0.3 is 14.7 Å². The van der Waals surface area contributed by atoms with E-state index < -0.39 is 35.8 Å². The standard InChI is InChI=1S/C34H43F6N3O/c1-24-6-7-25(2)30(18-24)32(10-16-41-14-8-29(9-15-41)42-12-4-3-5-13-42)11-17-43(23-32)31(44)21-26-19-27(33(35,36)37)22-28(20-26)34(38,39)40/h6-7,18-20,22,29H,3-5,8-17,21,23H2,1-2H3. The van der Waals surface area contributed by atoms with E-state index in [0.717, 1.165) is 50.0 Å². The Labute approximate surface area is 256 Å². The van der Waals surface area contributed by atoms with Crippen molar-refractivity contribution < 1.29 is 31.1 Å². The van der Waals surface area contributed by atoms with E-state index in [1.54, 1.807) is 4.90 Å². The number of rotatable bonds is 7. The number of halogens is 6. The SMILES string of the molecule is Cc1ccc(C)c(C2(CCN3CCC(N4CCCCC4)CC3)CCN(C(=O)Cc3cc(C(F)(F)F)cc(C(F)(F)F)c3)C2)c1. The average molecular weight is 624 g/mol. The molecule has 2 aromatic rings. The van der Waals surface area contributed by atoms with Gasteiger partial charge in [-0.15, -0.1) is 0 Å². The highest BCUT2D eigenvalue weighted by Gasteiger charge is 2.43. The molecule has 10 heteroatoms. The quantitative estimate of drug-likeness (QED) is 0.301. The summed E-state index contributed by atoms with van der Waals surface area (Å²) in [5.41, 5.74) is 0.00525. The zero-order chi connectivity index (χ0) is 31.7. The largest absolute Gasteiger partial charge is 0.416 e. The third-order valence-electron chi connectivity index (χ3n) is 10.0. The second kappa shape index (κ2) is 13.0. The van der Waals surface area contributed by atoms with Gasteiger partial charge in [0.25, 0.3) is 0 Å². The molecule has 0 aliphatic carbocycles. The molecule has 4 nitrogen and oxygen atoms in total. The number of likely N-dealkylation sites (tertiary alicyclic amines) is 3. The monoisotopic (exact) mass is 623 g/mol. The Morgan fingerprint density at radius 3 is 2.09 bits per heavy atom. The fraction of sp³-hybridized carbons (Fsp3) is 0.618. The van der Waals surface area contributed by atoms with Crippen LogP contribution in [0.3, 0.4) is 0 Å². The number of amides is 1. The molecular formula is C34H43F6N3O. The molecule has 5 rings (SSSR count). The molecule has 1 amide bonds. The Kier molecular flexibility index (Phi) is 9.71. The lowest BCUT2D eigenvalue weighted by molar-refractivity contribution is -0.143. The number of piperidine rings is 2. The first kappa shape index (κ1) is 32.8. The number of hydrogen-bond acceptors (Lipinski definition) is 3. The van der Waals surface area contributed by atoms with Gasteiger partial charge in [-0.25, -0.2) is 0 Å². The van der Waals surface area contributed by atoms with Gasteiger partial charge in [-0.1, -0.05) is 30.2 Å². The first-order valence-electron chi connectivity index (χ1n) is 15.8. The van der Waals surface area contributed by atoms with Crippen LogP contribution in [0.1, 0.15) is 78.3 Å². The van der Waals surface area contributed by atoms with Crippen molar-refractivity contribution in [1.29, 1.82) is 0 Å². The van der Waals surface area contributed by atoms with Gasteiger partial charge in [-0.05, 0) is 120 Å². The van der Waals surface area contributed by atoms with Crippen molar-refractivity contribution in [2.24, 2.45) is 0 Å². The van der Waals surface area contributed by atoms with Crippen LogP contribution < -0.4 is 0 Å². The van der Waals surface area contributed by atoms with Crippen molar-refractivity contribution in [1.82, 2.24) is 14.7 Å². The number of benzene rings is 2. The van der Waals surface area contributed by atoms with Gasteiger partial charge >= 0.3 is 12.4 Å². The molecule has 3 aliphatic rings. The van der Waals surface area contributed by atoms with Crippen molar-refractivity contribution in [2.45, 2.75) is 89.0 Å². The van der Waals surface area contributed by atoms with E-state index in [4.69, 9.17) is 0 Å². The fourth-order valence-corrected chi connectivity index (χ4v) is 7.52. The van der Waals surface area contributed by atoms with Gasteiger partial charge in [0.15, 0.2) is 0 Å². The molecule has 0 N–H and O–H groups in total. The highest BCUT2D eigenvalue weighted by molar-refractivity contribution is 5.79. The maximum Gasteiger partial charge on any atom is 0.416 e. The fourth-order valence-electron chi connectivity index (χ4n) is 7.52. The average Bonchev–Trinajstić information content (AvgIpc) is 3.43. The van der Waals surface area contributed by atoms with E-state index in [2.05, 4.69) is 34.9 Å². The summed E-state index contributed by atoms with van der Waals surface area (Å²) in [5.74, 6) is -0.452. The maximum atomic E-state index is 13.4. The van der Waals surface area contributed by atoms with E-state index in [1.807, 2.05) is 6.92 Å². The van der Waals surface area contributed by atoms with Crippen molar-refractivity contribution in [2.75, 3.05) is 45.8 Å². The maximum absolute atomic E-state index is 13.4. The molecule has 0 aromatic heterocycles. The van der Waals surface area contributed by atoms with Crippen LogP contribution in [-0.2, 0) is 29.0 Å². The molecule has 3 aliphatic heterocycles. The van der Waals surface area contributed by atoms with Gasteiger partial charge in [-0.2, -0.15) is 26.3 Å². The van der Waals surface area contributed by atoms with Crippen LogP contribution in [0.15, 0.2) is 36.4 Å². The van der Waals surface area contributed by atoms with Crippen LogP contribution >= 0.6 is 0 Å². The van der Waals surface area contributed by atoms with Gasteiger partial charge in [0, 0.05) is 24.5 Å². The summed E-state index contributed by atoms with van der Waals surface area (Å²) < 4.78 is 80.5. The van der Waals surface area contributed by atoms with Crippen LogP contribution in [0.2, 0.25) is 0 Å². The Hall–Kier alpha value is -2.59. The third kappa shape index (κ3) is 7.61. The topological polar surface area (TPSA) is 26.8 Å².